The number of nitrogens with one attached hydrogen (secondary N) is 1. The number of hydrogen-bond acceptors (Lipinski definition) is 3. The zero-order valence-electron chi connectivity index (χ0n) is 16.1. The standard InChI is InChI=1S/C21H30FN3O2/c1-2-16-13-24-11-5-6-17(24)14-25(16)21(26)23-15-9-10-20(19(22)12-15)27-18-7-3-4-8-18/h9-10,12,16-18H,2-8,11,13-14H2,1H3,(H,23,26)/t16-,17-/m0/s1. The van der Waals surface area contributed by atoms with E-state index in [9.17, 15) is 9.18 Å². The van der Waals surface area contributed by atoms with Crippen LogP contribution in [-0.2, 0) is 0 Å². The molecule has 3 fully saturated rings. The lowest BCUT2D eigenvalue weighted by Crippen LogP contribution is -2.58. The van der Waals surface area contributed by atoms with Gasteiger partial charge in [0.25, 0.3) is 0 Å². The van der Waals surface area contributed by atoms with Crippen molar-refractivity contribution in [1.29, 1.82) is 0 Å². The fourth-order valence-corrected chi connectivity index (χ4v) is 4.74. The van der Waals surface area contributed by atoms with E-state index in [0.717, 1.165) is 58.2 Å². The van der Waals surface area contributed by atoms with Gasteiger partial charge in [0, 0.05) is 36.9 Å². The molecule has 1 aromatic rings. The fraction of sp³-hybridized carbons (Fsp3) is 0.667. The van der Waals surface area contributed by atoms with Crippen molar-refractivity contribution in [3.63, 3.8) is 0 Å². The summed E-state index contributed by atoms with van der Waals surface area (Å²) in [5.74, 6) is -0.127. The molecule has 6 heteroatoms. The molecular formula is C21H30FN3O2. The molecule has 148 valence electrons. The predicted molar refractivity (Wildman–Crippen MR) is 104 cm³/mol. The second-order valence-electron chi connectivity index (χ2n) is 8.11. The third kappa shape index (κ3) is 4.05. The van der Waals surface area contributed by atoms with Crippen LogP contribution in [0, 0.1) is 5.82 Å². The molecule has 2 amide bonds. The van der Waals surface area contributed by atoms with Crippen molar-refractivity contribution in [2.24, 2.45) is 0 Å². The Balaban J connectivity index is 1.40. The van der Waals surface area contributed by atoms with Crippen molar-refractivity contribution in [2.45, 2.75) is 70.1 Å². The summed E-state index contributed by atoms with van der Waals surface area (Å²) in [7, 11) is 0. The Morgan fingerprint density at radius 2 is 2.04 bits per heavy atom. The lowest BCUT2D eigenvalue weighted by atomic mass is 10.1. The molecule has 2 saturated heterocycles. The van der Waals surface area contributed by atoms with Crippen LogP contribution in [-0.4, -0.2) is 53.7 Å². The van der Waals surface area contributed by atoms with Gasteiger partial charge >= 0.3 is 6.03 Å². The van der Waals surface area contributed by atoms with Crippen LogP contribution in [0.25, 0.3) is 0 Å². The Labute approximate surface area is 160 Å². The molecule has 27 heavy (non-hydrogen) atoms. The maximum absolute atomic E-state index is 14.4. The molecule has 2 aliphatic heterocycles. The summed E-state index contributed by atoms with van der Waals surface area (Å²) in [5.41, 5.74) is 0.486. The Hall–Kier alpha value is -1.82. The maximum Gasteiger partial charge on any atom is 0.322 e. The van der Waals surface area contributed by atoms with Crippen molar-refractivity contribution in [1.82, 2.24) is 9.80 Å². The van der Waals surface area contributed by atoms with Gasteiger partial charge in [-0.15, -0.1) is 0 Å². The second-order valence-corrected chi connectivity index (χ2v) is 8.11. The van der Waals surface area contributed by atoms with Crippen LogP contribution in [0.4, 0.5) is 14.9 Å². The van der Waals surface area contributed by atoms with Gasteiger partial charge in [0.05, 0.1) is 6.10 Å². The van der Waals surface area contributed by atoms with Gasteiger partial charge in [-0.3, -0.25) is 4.90 Å². The van der Waals surface area contributed by atoms with Crippen molar-refractivity contribution in [2.75, 3.05) is 25.0 Å². The van der Waals surface area contributed by atoms with E-state index < -0.39 is 5.82 Å². The van der Waals surface area contributed by atoms with E-state index in [2.05, 4.69) is 17.1 Å². The second kappa shape index (κ2) is 8.05. The zero-order valence-corrected chi connectivity index (χ0v) is 16.1. The minimum atomic E-state index is -0.410. The first-order valence-corrected chi connectivity index (χ1v) is 10.4. The van der Waals surface area contributed by atoms with Gasteiger partial charge < -0.3 is 15.0 Å². The summed E-state index contributed by atoms with van der Waals surface area (Å²) in [5, 5.41) is 2.89. The van der Waals surface area contributed by atoms with Crippen LogP contribution in [0.3, 0.4) is 0 Å². The molecule has 1 aliphatic carbocycles. The summed E-state index contributed by atoms with van der Waals surface area (Å²) in [6.07, 6.45) is 7.69. The van der Waals surface area contributed by atoms with E-state index >= 15 is 0 Å². The number of anilines is 1. The third-order valence-corrected chi connectivity index (χ3v) is 6.30. The van der Waals surface area contributed by atoms with Gasteiger partial charge in [0.15, 0.2) is 11.6 Å². The first-order valence-electron chi connectivity index (χ1n) is 10.4. The topological polar surface area (TPSA) is 44.8 Å². The fourth-order valence-electron chi connectivity index (χ4n) is 4.74. The molecule has 4 rings (SSSR count). The number of ether oxygens (including phenoxy) is 1. The molecule has 1 aromatic carbocycles. The maximum atomic E-state index is 14.4. The van der Waals surface area contributed by atoms with Crippen LogP contribution in [0.5, 0.6) is 5.75 Å². The third-order valence-electron chi connectivity index (χ3n) is 6.30. The number of rotatable bonds is 4. The highest BCUT2D eigenvalue weighted by Crippen LogP contribution is 2.29. The smallest absolute Gasteiger partial charge is 0.322 e. The van der Waals surface area contributed by atoms with Gasteiger partial charge in [0.2, 0.25) is 0 Å². The minimum Gasteiger partial charge on any atom is -0.487 e. The molecular weight excluding hydrogens is 345 g/mol. The molecule has 1 N–H and O–H groups in total. The van der Waals surface area contributed by atoms with Gasteiger partial charge in [-0.25, -0.2) is 9.18 Å². The van der Waals surface area contributed by atoms with Gasteiger partial charge in [-0.1, -0.05) is 6.92 Å². The summed E-state index contributed by atoms with van der Waals surface area (Å²) in [6.45, 7) is 4.97. The Morgan fingerprint density at radius 1 is 1.22 bits per heavy atom. The molecule has 2 heterocycles. The lowest BCUT2D eigenvalue weighted by molar-refractivity contribution is 0.0767. The van der Waals surface area contributed by atoms with Crippen LogP contribution in [0.2, 0.25) is 0 Å². The van der Waals surface area contributed by atoms with E-state index in [1.165, 1.54) is 12.5 Å². The molecule has 0 radical (unpaired) electrons. The van der Waals surface area contributed by atoms with Crippen molar-refractivity contribution >= 4 is 11.7 Å². The quantitative estimate of drug-likeness (QED) is 0.856. The molecule has 0 bridgehead atoms. The van der Waals surface area contributed by atoms with Crippen LogP contribution < -0.4 is 10.1 Å². The van der Waals surface area contributed by atoms with E-state index in [-0.39, 0.29) is 23.9 Å². The summed E-state index contributed by atoms with van der Waals surface area (Å²) < 4.78 is 20.2. The van der Waals surface area contributed by atoms with Gasteiger partial charge in [-0.05, 0) is 63.6 Å². The predicted octanol–water partition coefficient (Wildman–Crippen LogP) is 4.24. The van der Waals surface area contributed by atoms with Crippen molar-refractivity contribution < 1.29 is 13.9 Å². The van der Waals surface area contributed by atoms with E-state index in [0.29, 0.717) is 11.7 Å². The van der Waals surface area contributed by atoms with Crippen molar-refractivity contribution in [3.8, 4) is 5.75 Å². The molecule has 0 aromatic heterocycles. The van der Waals surface area contributed by atoms with Crippen LogP contribution in [0.15, 0.2) is 18.2 Å². The summed E-state index contributed by atoms with van der Waals surface area (Å²) in [6, 6.07) is 5.30. The monoisotopic (exact) mass is 375 g/mol. The molecule has 5 nitrogen and oxygen atoms in total. The normalized spacial score (nSPS) is 26.2. The first kappa shape index (κ1) is 18.5. The number of nitrogens with zero attached hydrogens (tertiary/aromatic N) is 2. The minimum absolute atomic E-state index is 0.118. The van der Waals surface area contributed by atoms with Crippen LogP contribution in [0.1, 0.15) is 51.9 Å². The van der Waals surface area contributed by atoms with Crippen molar-refractivity contribution in [3.05, 3.63) is 24.0 Å². The number of halogens is 1. The van der Waals surface area contributed by atoms with Crippen LogP contribution >= 0.6 is 0 Å². The lowest BCUT2D eigenvalue weighted by Gasteiger charge is -2.43. The zero-order chi connectivity index (χ0) is 18.8. The molecule has 1 saturated carbocycles. The number of hydrogen-bond donors (Lipinski definition) is 1. The number of piperazine rings is 1. The molecule has 2 atom stereocenters. The number of amides is 2. The first-order chi connectivity index (χ1) is 13.1. The number of carbonyl (C=O) groups is 1. The summed E-state index contributed by atoms with van der Waals surface area (Å²) >= 11 is 0. The number of benzene rings is 1. The number of fused-ring (bicyclic) bond motifs is 1. The SMILES string of the molecule is CC[C@H]1CN2CCC[C@H]2CN1C(=O)Nc1ccc(OC2CCCC2)c(F)c1. The molecule has 0 spiro atoms. The van der Waals surface area contributed by atoms with Gasteiger partial charge in [-0.2, -0.15) is 0 Å². The Bertz CT molecular complexity index is 677. The highest BCUT2D eigenvalue weighted by Gasteiger charge is 2.37. The highest BCUT2D eigenvalue weighted by atomic mass is 19.1. The number of carbonyl (C=O) groups excluding carboxylic acids is 1. The molecule has 0 unspecified atom stereocenters. The Kier molecular flexibility index (Phi) is 5.53. The number of urea groups is 1. The molecule has 3 aliphatic rings. The van der Waals surface area contributed by atoms with Gasteiger partial charge in [0.1, 0.15) is 0 Å². The average molecular weight is 375 g/mol. The highest BCUT2D eigenvalue weighted by molar-refractivity contribution is 5.89. The average Bonchev–Trinajstić information content (AvgIpc) is 3.34. The van der Waals surface area contributed by atoms with E-state index in [1.54, 1.807) is 12.1 Å². The summed E-state index contributed by atoms with van der Waals surface area (Å²) in [4.78, 5) is 17.3. The largest absolute Gasteiger partial charge is 0.487 e. The Morgan fingerprint density at radius 3 is 2.78 bits per heavy atom. The van der Waals surface area contributed by atoms with E-state index in [4.69, 9.17) is 4.74 Å². The van der Waals surface area contributed by atoms with E-state index in [1.807, 2.05) is 4.90 Å².